The lowest BCUT2D eigenvalue weighted by Gasteiger charge is -2.01. The van der Waals surface area contributed by atoms with Gasteiger partial charge in [-0.1, -0.05) is 12.1 Å². The van der Waals surface area contributed by atoms with Crippen molar-refractivity contribution in [2.75, 3.05) is 6.54 Å². The molecule has 14 heavy (non-hydrogen) atoms. The molecular formula is C10H13NO2S. The zero-order valence-electron chi connectivity index (χ0n) is 8.03. The first-order valence-corrected chi connectivity index (χ1v) is 5.10. The van der Waals surface area contributed by atoms with Crippen molar-refractivity contribution < 1.29 is 8.98 Å². The summed E-state index contributed by atoms with van der Waals surface area (Å²) >= 11 is 1.07. The van der Waals surface area contributed by atoms with Crippen LogP contribution in [-0.4, -0.2) is 12.5 Å². The quantitative estimate of drug-likeness (QED) is 0.771. The zero-order valence-corrected chi connectivity index (χ0v) is 8.84. The van der Waals surface area contributed by atoms with E-state index in [-0.39, 0.29) is 5.97 Å². The third-order valence-corrected chi connectivity index (χ3v) is 2.39. The molecule has 0 fully saturated rings. The molecule has 0 aliphatic heterocycles. The summed E-state index contributed by atoms with van der Waals surface area (Å²) in [6, 6.07) is 7.80. The first-order chi connectivity index (χ1) is 6.72. The van der Waals surface area contributed by atoms with Gasteiger partial charge >= 0.3 is 5.97 Å². The lowest BCUT2D eigenvalue weighted by Crippen LogP contribution is -2.02. The largest absolute Gasteiger partial charge is 0.386 e. The van der Waals surface area contributed by atoms with E-state index >= 15 is 0 Å². The van der Waals surface area contributed by atoms with Crippen LogP contribution in [0.2, 0.25) is 0 Å². The third-order valence-electron chi connectivity index (χ3n) is 1.61. The van der Waals surface area contributed by atoms with Gasteiger partial charge in [-0.05, 0) is 30.7 Å². The first-order valence-electron chi connectivity index (χ1n) is 4.36. The molecule has 1 rings (SSSR count). The molecule has 3 nitrogen and oxygen atoms in total. The van der Waals surface area contributed by atoms with Crippen LogP contribution in [0.3, 0.4) is 0 Å². The van der Waals surface area contributed by atoms with Gasteiger partial charge in [0.05, 0.1) is 12.0 Å². The van der Waals surface area contributed by atoms with E-state index in [0.29, 0.717) is 6.54 Å². The zero-order chi connectivity index (χ0) is 10.4. The van der Waals surface area contributed by atoms with Crippen molar-refractivity contribution in [1.29, 1.82) is 0 Å². The second-order valence-electron chi connectivity index (χ2n) is 2.84. The Morgan fingerprint density at radius 1 is 1.43 bits per heavy atom. The Morgan fingerprint density at radius 3 is 2.57 bits per heavy atom. The Labute approximate surface area is 87.8 Å². The minimum absolute atomic E-state index is 0.291. The summed E-state index contributed by atoms with van der Waals surface area (Å²) in [4.78, 5) is 11.4. The highest BCUT2D eigenvalue weighted by atomic mass is 32.2. The predicted molar refractivity (Wildman–Crippen MR) is 56.8 cm³/mol. The number of nitrogens with two attached hydrogens (primary N) is 1. The van der Waals surface area contributed by atoms with Crippen LogP contribution in [0.25, 0.3) is 0 Å². The fourth-order valence-electron chi connectivity index (χ4n) is 0.985. The van der Waals surface area contributed by atoms with E-state index in [1.165, 1.54) is 12.5 Å². The molecule has 2 N–H and O–H groups in total. The molecule has 4 heteroatoms. The second kappa shape index (κ2) is 5.67. The summed E-state index contributed by atoms with van der Waals surface area (Å²) in [7, 11) is 0. The lowest BCUT2D eigenvalue weighted by molar-refractivity contribution is -0.130. The summed E-state index contributed by atoms with van der Waals surface area (Å²) in [5.41, 5.74) is 6.62. The molecule has 76 valence electrons. The van der Waals surface area contributed by atoms with Gasteiger partial charge in [0.2, 0.25) is 0 Å². The van der Waals surface area contributed by atoms with E-state index in [9.17, 15) is 4.79 Å². The monoisotopic (exact) mass is 211 g/mol. The SMILES string of the molecule is CC(=O)OSc1ccc(CCN)cc1. The van der Waals surface area contributed by atoms with Gasteiger partial charge in [-0.3, -0.25) is 4.79 Å². The fourth-order valence-corrected chi connectivity index (χ4v) is 1.45. The minimum atomic E-state index is -0.291. The average molecular weight is 211 g/mol. The number of benzene rings is 1. The normalized spacial score (nSPS) is 9.86. The molecule has 0 heterocycles. The van der Waals surface area contributed by atoms with Crippen LogP contribution < -0.4 is 5.73 Å². The number of hydrogen-bond donors (Lipinski definition) is 1. The van der Waals surface area contributed by atoms with E-state index < -0.39 is 0 Å². The molecule has 1 aromatic carbocycles. The van der Waals surface area contributed by atoms with Gasteiger partial charge in [0.25, 0.3) is 0 Å². The summed E-state index contributed by atoms with van der Waals surface area (Å²) in [5, 5.41) is 0. The summed E-state index contributed by atoms with van der Waals surface area (Å²) < 4.78 is 4.78. The van der Waals surface area contributed by atoms with Gasteiger partial charge in [0.15, 0.2) is 0 Å². The van der Waals surface area contributed by atoms with Crippen molar-refractivity contribution in [2.45, 2.75) is 18.2 Å². The molecule has 0 aliphatic rings. The molecule has 1 aromatic rings. The van der Waals surface area contributed by atoms with Crippen LogP contribution in [0.1, 0.15) is 12.5 Å². The van der Waals surface area contributed by atoms with E-state index in [0.717, 1.165) is 23.4 Å². The van der Waals surface area contributed by atoms with Gasteiger partial charge in [-0.25, -0.2) is 0 Å². The molecular weight excluding hydrogens is 198 g/mol. The van der Waals surface area contributed by atoms with E-state index in [2.05, 4.69) is 0 Å². The van der Waals surface area contributed by atoms with Crippen LogP contribution in [-0.2, 0) is 15.4 Å². The molecule has 0 amide bonds. The molecule has 0 aliphatic carbocycles. The van der Waals surface area contributed by atoms with Crippen LogP contribution in [0.4, 0.5) is 0 Å². The molecule has 0 radical (unpaired) electrons. The van der Waals surface area contributed by atoms with Crippen LogP contribution >= 0.6 is 12.0 Å². The summed E-state index contributed by atoms with van der Waals surface area (Å²) in [6.07, 6.45) is 0.874. The Balaban J connectivity index is 2.50. The summed E-state index contributed by atoms with van der Waals surface area (Å²) in [5.74, 6) is -0.291. The van der Waals surface area contributed by atoms with Crippen LogP contribution in [0, 0.1) is 0 Å². The molecule has 0 bridgehead atoms. The maximum atomic E-state index is 10.5. The van der Waals surface area contributed by atoms with Crippen LogP contribution in [0.5, 0.6) is 0 Å². The predicted octanol–water partition coefficient (Wildman–Crippen LogP) is 1.76. The van der Waals surface area contributed by atoms with Crippen molar-refractivity contribution in [3.05, 3.63) is 29.8 Å². The third kappa shape index (κ3) is 3.81. The Kier molecular flexibility index (Phi) is 4.49. The molecule has 0 atom stereocenters. The minimum Gasteiger partial charge on any atom is -0.386 e. The second-order valence-corrected chi connectivity index (χ2v) is 3.65. The first kappa shape index (κ1) is 11.1. The molecule has 0 spiro atoms. The number of carbonyl (C=O) groups is 1. The van der Waals surface area contributed by atoms with Gasteiger partial charge < -0.3 is 9.92 Å². The molecule has 0 saturated heterocycles. The van der Waals surface area contributed by atoms with Gasteiger partial charge in [0, 0.05) is 11.8 Å². The van der Waals surface area contributed by atoms with Crippen molar-refractivity contribution in [1.82, 2.24) is 0 Å². The Morgan fingerprint density at radius 2 is 2.07 bits per heavy atom. The van der Waals surface area contributed by atoms with E-state index in [1.807, 2.05) is 24.3 Å². The topological polar surface area (TPSA) is 52.3 Å². The smallest absolute Gasteiger partial charge is 0.315 e. The summed E-state index contributed by atoms with van der Waals surface area (Å²) in [6.45, 7) is 2.03. The fraction of sp³-hybridized carbons (Fsp3) is 0.300. The molecule has 0 aromatic heterocycles. The Hall–Kier alpha value is -1.00. The number of carbonyl (C=O) groups excluding carboxylic acids is 1. The van der Waals surface area contributed by atoms with Crippen molar-refractivity contribution in [2.24, 2.45) is 5.73 Å². The highest BCUT2D eigenvalue weighted by Gasteiger charge is 1.98. The molecule has 0 saturated carbocycles. The highest BCUT2D eigenvalue weighted by Crippen LogP contribution is 2.19. The van der Waals surface area contributed by atoms with Crippen LogP contribution in [0.15, 0.2) is 29.2 Å². The highest BCUT2D eigenvalue weighted by molar-refractivity contribution is 7.95. The van der Waals surface area contributed by atoms with Crippen molar-refractivity contribution in [3.8, 4) is 0 Å². The van der Waals surface area contributed by atoms with Crippen molar-refractivity contribution in [3.63, 3.8) is 0 Å². The van der Waals surface area contributed by atoms with Gasteiger partial charge in [-0.15, -0.1) is 0 Å². The number of hydrogen-bond acceptors (Lipinski definition) is 4. The van der Waals surface area contributed by atoms with Gasteiger partial charge in [-0.2, -0.15) is 0 Å². The van der Waals surface area contributed by atoms with E-state index in [1.54, 1.807) is 0 Å². The Bertz CT molecular complexity index is 297. The average Bonchev–Trinajstić information content (AvgIpc) is 2.17. The standard InChI is InChI=1S/C10H13NO2S/c1-8(12)13-14-10-4-2-9(3-5-10)6-7-11/h2-5H,6-7,11H2,1H3. The lowest BCUT2D eigenvalue weighted by atomic mass is 10.2. The van der Waals surface area contributed by atoms with Crippen molar-refractivity contribution >= 4 is 18.0 Å². The molecule has 0 unspecified atom stereocenters. The maximum absolute atomic E-state index is 10.5. The van der Waals surface area contributed by atoms with Gasteiger partial charge in [0.1, 0.15) is 0 Å². The number of rotatable bonds is 4. The maximum Gasteiger partial charge on any atom is 0.315 e. The van der Waals surface area contributed by atoms with E-state index in [4.69, 9.17) is 9.92 Å².